The first kappa shape index (κ1) is 22.0. The second kappa shape index (κ2) is 10.8. The summed E-state index contributed by atoms with van der Waals surface area (Å²) in [6, 6.07) is 15.9. The largest absolute Gasteiger partial charge is 0.366 e. The van der Waals surface area contributed by atoms with Gasteiger partial charge >= 0.3 is 0 Å². The lowest BCUT2D eigenvalue weighted by Gasteiger charge is -2.17. The van der Waals surface area contributed by atoms with Crippen molar-refractivity contribution in [3.63, 3.8) is 0 Å². The molecule has 0 fully saturated rings. The van der Waals surface area contributed by atoms with E-state index in [0.717, 1.165) is 18.1 Å². The lowest BCUT2D eigenvalue weighted by atomic mass is 10.0. The zero-order chi connectivity index (χ0) is 18.2. The fraction of sp³-hybridized carbons (Fsp3) is 0.300. The molecule has 26 heavy (non-hydrogen) atoms. The van der Waals surface area contributed by atoms with Gasteiger partial charge in [-0.05, 0) is 36.1 Å². The van der Waals surface area contributed by atoms with Gasteiger partial charge < -0.3 is 16.4 Å². The SMILES string of the molecule is CN=C(NCc1cccc(C(N)=O)c1)NCC(C)c1ccc(C)cc1.I. The summed E-state index contributed by atoms with van der Waals surface area (Å²) in [4.78, 5) is 15.5. The van der Waals surface area contributed by atoms with Crippen molar-refractivity contribution in [2.24, 2.45) is 10.7 Å². The number of carbonyl (C=O) groups is 1. The third-order valence-electron chi connectivity index (χ3n) is 4.12. The van der Waals surface area contributed by atoms with E-state index >= 15 is 0 Å². The number of carbonyl (C=O) groups excluding carboxylic acids is 1. The molecule has 1 unspecified atom stereocenters. The predicted octanol–water partition coefficient (Wildman–Crippen LogP) is 3.18. The van der Waals surface area contributed by atoms with Crippen LogP contribution in [0.5, 0.6) is 0 Å². The molecule has 5 nitrogen and oxygen atoms in total. The van der Waals surface area contributed by atoms with Gasteiger partial charge in [-0.25, -0.2) is 0 Å². The number of benzene rings is 2. The molecule has 140 valence electrons. The molecule has 2 aromatic carbocycles. The van der Waals surface area contributed by atoms with Crippen LogP contribution in [0.15, 0.2) is 53.5 Å². The minimum Gasteiger partial charge on any atom is -0.366 e. The minimum atomic E-state index is -0.420. The van der Waals surface area contributed by atoms with Crippen molar-refractivity contribution in [1.82, 2.24) is 10.6 Å². The average molecular weight is 466 g/mol. The molecule has 0 saturated heterocycles. The zero-order valence-corrected chi connectivity index (χ0v) is 17.8. The van der Waals surface area contributed by atoms with E-state index in [9.17, 15) is 4.79 Å². The Kier molecular flexibility index (Phi) is 9.12. The number of aryl methyl sites for hydroxylation is 1. The van der Waals surface area contributed by atoms with Crippen molar-refractivity contribution in [2.45, 2.75) is 26.3 Å². The summed E-state index contributed by atoms with van der Waals surface area (Å²) in [5.41, 5.74) is 9.36. The summed E-state index contributed by atoms with van der Waals surface area (Å²) in [6.45, 7) is 5.62. The molecule has 1 amide bonds. The van der Waals surface area contributed by atoms with E-state index in [1.165, 1.54) is 11.1 Å². The van der Waals surface area contributed by atoms with Crippen molar-refractivity contribution < 1.29 is 4.79 Å². The Morgan fingerprint density at radius 2 is 1.85 bits per heavy atom. The molecular weight excluding hydrogens is 439 g/mol. The van der Waals surface area contributed by atoms with Crippen LogP contribution in [0.2, 0.25) is 0 Å². The first-order chi connectivity index (χ1) is 12.0. The Morgan fingerprint density at radius 3 is 2.46 bits per heavy atom. The summed E-state index contributed by atoms with van der Waals surface area (Å²) < 4.78 is 0. The van der Waals surface area contributed by atoms with Crippen LogP contribution in [0, 0.1) is 6.92 Å². The number of guanidine groups is 1. The van der Waals surface area contributed by atoms with Gasteiger partial charge in [-0.2, -0.15) is 0 Å². The van der Waals surface area contributed by atoms with E-state index < -0.39 is 5.91 Å². The smallest absolute Gasteiger partial charge is 0.248 e. The molecule has 1 atom stereocenters. The van der Waals surface area contributed by atoms with Crippen LogP contribution in [-0.4, -0.2) is 25.5 Å². The summed E-state index contributed by atoms with van der Waals surface area (Å²) in [7, 11) is 1.74. The number of hydrogen-bond acceptors (Lipinski definition) is 2. The number of hydrogen-bond donors (Lipinski definition) is 3. The Hall–Kier alpha value is -2.09. The Morgan fingerprint density at radius 1 is 1.15 bits per heavy atom. The standard InChI is InChI=1S/C20H26N4O.HI/c1-14-7-9-17(10-8-14)15(2)12-23-20(22-3)24-13-16-5-4-6-18(11-16)19(21)25;/h4-11,15H,12-13H2,1-3H3,(H2,21,25)(H2,22,23,24);1H. The molecule has 0 aromatic heterocycles. The summed E-state index contributed by atoms with van der Waals surface area (Å²) in [5, 5.41) is 6.59. The first-order valence-corrected chi connectivity index (χ1v) is 8.39. The number of aliphatic imine (C=N–C) groups is 1. The number of primary amides is 1. The molecule has 0 bridgehead atoms. The molecule has 0 saturated carbocycles. The molecule has 0 aliphatic carbocycles. The predicted molar refractivity (Wildman–Crippen MR) is 118 cm³/mol. The Balaban J connectivity index is 0.00000338. The van der Waals surface area contributed by atoms with E-state index in [-0.39, 0.29) is 24.0 Å². The fourth-order valence-electron chi connectivity index (χ4n) is 2.50. The van der Waals surface area contributed by atoms with Crippen LogP contribution in [0.25, 0.3) is 0 Å². The van der Waals surface area contributed by atoms with Crippen molar-refractivity contribution in [3.05, 3.63) is 70.8 Å². The van der Waals surface area contributed by atoms with Gasteiger partial charge in [0.2, 0.25) is 5.91 Å². The van der Waals surface area contributed by atoms with Crippen LogP contribution in [0.4, 0.5) is 0 Å². The van der Waals surface area contributed by atoms with E-state index in [2.05, 4.69) is 53.7 Å². The monoisotopic (exact) mass is 466 g/mol. The number of halogens is 1. The molecule has 0 spiro atoms. The maximum absolute atomic E-state index is 11.2. The topological polar surface area (TPSA) is 79.5 Å². The van der Waals surface area contributed by atoms with E-state index in [1.807, 2.05) is 12.1 Å². The van der Waals surface area contributed by atoms with Gasteiger partial charge in [0.05, 0.1) is 0 Å². The van der Waals surface area contributed by atoms with Crippen molar-refractivity contribution in [2.75, 3.05) is 13.6 Å². The Labute approximate surface area is 172 Å². The zero-order valence-electron chi connectivity index (χ0n) is 15.5. The van der Waals surface area contributed by atoms with Gasteiger partial charge in [0.1, 0.15) is 0 Å². The number of nitrogens with two attached hydrogens (primary N) is 1. The normalized spacial score (nSPS) is 12.0. The molecular formula is C20H27IN4O. The highest BCUT2D eigenvalue weighted by Crippen LogP contribution is 2.14. The quantitative estimate of drug-likeness (QED) is 0.348. The lowest BCUT2D eigenvalue weighted by Crippen LogP contribution is -2.38. The van der Waals surface area contributed by atoms with Crippen LogP contribution < -0.4 is 16.4 Å². The van der Waals surface area contributed by atoms with Crippen molar-refractivity contribution >= 4 is 35.8 Å². The number of amides is 1. The highest BCUT2D eigenvalue weighted by atomic mass is 127. The third-order valence-corrected chi connectivity index (χ3v) is 4.12. The molecule has 2 rings (SSSR count). The molecule has 4 N–H and O–H groups in total. The summed E-state index contributed by atoms with van der Waals surface area (Å²) >= 11 is 0. The van der Waals surface area contributed by atoms with Gasteiger partial charge in [0.15, 0.2) is 5.96 Å². The second-order valence-corrected chi connectivity index (χ2v) is 6.18. The van der Waals surface area contributed by atoms with E-state index in [1.54, 1.807) is 19.2 Å². The number of nitrogens with zero attached hydrogens (tertiary/aromatic N) is 1. The van der Waals surface area contributed by atoms with Gasteiger partial charge in [-0.15, -0.1) is 24.0 Å². The average Bonchev–Trinajstić information content (AvgIpc) is 2.62. The third kappa shape index (κ3) is 6.67. The molecule has 0 aliphatic rings. The highest BCUT2D eigenvalue weighted by Gasteiger charge is 2.07. The lowest BCUT2D eigenvalue weighted by molar-refractivity contribution is 0.1000. The second-order valence-electron chi connectivity index (χ2n) is 6.18. The minimum absolute atomic E-state index is 0. The number of nitrogens with one attached hydrogen (secondary N) is 2. The highest BCUT2D eigenvalue weighted by molar-refractivity contribution is 14.0. The van der Waals surface area contributed by atoms with Gasteiger partial charge in [-0.1, -0.05) is 48.9 Å². The number of rotatable bonds is 6. The van der Waals surface area contributed by atoms with Crippen LogP contribution >= 0.6 is 24.0 Å². The maximum atomic E-state index is 11.2. The summed E-state index contributed by atoms with van der Waals surface area (Å²) in [5.74, 6) is 0.678. The van der Waals surface area contributed by atoms with Crippen molar-refractivity contribution in [3.8, 4) is 0 Å². The first-order valence-electron chi connectivity index (χ1n) is 8.39. The van der Waals surface area contributed by atoms with Crippen LogP contribution in [0.3, 0.4) is 0 Å². The van der Waals surface area contributed by atoms with Gasteiger partial charge in [-0.3, -0.25) is 9.79 Å². The maximum Gasteiger partial charge on any atom is 0.248 e. The fourth-order valence-corrected chi connectivity index (χ4v) is 2.50. The Bertz CT molecular complexity index is 744. The summed E-state index contributed by atoms with van der Waals surface area (Å²) in [6.07, 6.45) is 0. The van der Waals surface area contributed by atoms with Crippen LogP contribution in [0.1, 0.15) is 39.9 Å². The van der Waals surface area contributed by atoms with E-state index in [4.69, 9.17) is 5.73 Å². The molecule has 0 heterocycles. The molecule has 0 aliphatic heterocycles. The van der Waals surface area contributed by atoms with Crippen molar-refractivity contribution in [1.29, 1.82) is 0 Å². The molecule has 2 aromatic rings. The molecule has 6 heteroatoms. The van der Waals surface area contributed by atoms with E-state index in [0.29, 0.717) is 18.0 Å². The van der Waals surface area contributed by atoms with Gasteiger partial charge in [0.25, 0.3) is 0 Å². The van der Waals surface area contributed by atoms with Gasteiger partial charge in [0, 0.05) is 25.7 Å². The van der Waals surface area contributed by atoms with Crippen LogP contribution in [-0.2, 0) is 6.54 Å². The molecule has 0 radical (unpaired) electrons.